The molecule has 7 heteroatoms. The number of carbonyl (C=O) groups is 2. The second kappa shape index (κ2) is 8.41. The Morgan fingerprint density at radius 2 is 2.05 bits per heavy atom. The number of aryl methyl sites for hydroxylation is 2. The first-order valence-corrected chi connectivity index (χ1v) is 7.12. The molecule has 7 nitrogen and oxygen atoms in total. The van der Waals surface area contributed by atoms with Gasteiger partial charge in [-0.1, -0.05) is 0 Å². The van der Waals surface area contributed by atoms with Crippen LogP contribution in [0.2, 0.25) is 0 Å². The van der Waals surface area contributed by atoms with Gasteiger partial charge in [-0.25, -0.2) is 0 Å². The summed E-state index contributed by atoms with van der Waals surface area (Å²) in [6, 6.07) is 0. The molecule has 0 bridgehead atoms. The summed E-state index contributed by atoms with van der Waals surface area (Å²) in [6.07, 6.45) is 1.01. The van der Waals surface area contributed by atoms with E-state index < -0.39 is 0 Å². The van der Waals surface area contributed by atoms with Crippen LogP contribution >= 0.6 is 0 Å². The van der Waals surface area contributed by atoms with Crippen LogP contribution in [0.3, 0.4) is 0 Å². The van der Waals surface area contributed by atoms with Crippen molar-refractivity contribution >= 4 is 17.6 Å². The second-order valence-corrected chi connectivity index (χ2v) is 4.80. The first-order chi connectivity index (χ1) is 9.95. The van der Waals surface area contributed by atoms with Crippen molar-refractivity contribution in [2.45, 2.75) is 33.6 Å². The Morgan fingerprint density at radius 3 is 2.62 bits per heavy atom. The van der Waals surface area contributed by atoms with Crippen LogP contribution in [-0.2, 0) is 21.4 Å². The Labute approximate surface area is 125 Å². The van der Waals surface area contributed by atoms with Gasteiger partial charge in [-0.2, -0.15) is 5.10 Å². The number of ether oxygens (including phenoxy) is 1. The number of nitrogens with one attached hydrogen (secondary N) is 2. The summed E-state index contributed by atoms with van der Waals surface area (Å²) >= 11 is 0. The predicted octanol–water partition coefficient (Wildman–Crippen LogP) is 0.908. The first kappa shape index (κ1) is 17.2. The molecule has 1 aromatic heterocycles. The molecule has 0 aliphatic carbocycles. The normalized spacial score (nSPS) is 10.5. The van der Waals surface area contributed by atoms with Gasteiger partial charge in [0.25, 0.3) is 0 Å². The van der Waals surface area contributed by atoms with Gasteiger partial charge < -0.3 is 15.4 Å². The number of nitrogens with zero attached hydrogens (tertiary/aromatic N) is 2. The molecule has 0 unspecified atom stereocenters. The van der Waals surface area contributed by atoms with Crippen LogP contribution in [0.1, 0.15) is 31.2 Å². The molecule has 0 aliphatic rings. The Bertz CT molecular complexity index is 497. The van der Waals surface area contributed by atoms with Gasteiger partial charge in [0.1, 0.15) is 0 Å². The molecular weight excluding hydrogens is 272 g/mol. The zero-order chi connectivity index (χ0) is 15.8. The summed E-state index contributed by atoms with van der Waals surface area (Å²) < 4.78 is 6.56. The largest absolute Gasteiger partial charge is 0.466 e. The van der Waals surface area contributed by atoms with Crippen LogP contribution in [-0.4, -0.2) is 41.4 Å². The number of amides is 1. The molecule has 1 amide bonds. The Balaban J connectivity index is 2.24. The van der Waals surface area contributed by atoms with Crippen molar-refractivity contribution in [3.63, 3.8) is 0 Å². The van der Waals surface area contributed by atoms with E-state index in [-0.39, 0.29) is 18.4 Å². The average Bonchev–Trinajstić information content (AvgIpc) is 2.65. The lowest BCUT2D eigenvalue weighted by Gasteiger charge is -2.07. The number of rotatable bonds is 8. The summed E-state index contributed by atoms with van der Waals surface area (Å²) in [5, 5.41) is 10.1. The number of anilines is 1. The van der Waals surface area contributed by atoms with E-state index in [4.69, 9.17) is 4.74 Å². The Kier molecular flexibility index (Phi) is 6.87. The monoisotopic (exact) mass is 296 g/mol. The van der Waals surface area contributed by atoms with Crippen LogP contribution in [0.5, 0.6) is 0 Å². The molecule has 118 valence electrons. The molecule has 1 heterocycles. The summed E-state index contributed by atoms with van der Waals surface area (Å²) in [5.41, 5.74) is 2.48. The van der Waals surface area contributed by atoms with E-state index in [2.05, 4.69) is 15.7 Å². The lowest BCUT2D eigenvalue weighted by Crippen LogP contribution is -2.29. The summed E-state index contributed by atoms with van der Waals surface area (Å²) in [5.74, 6) is -0.323. The minimum absolute atomic E-state index is 0.120. The maximum Gasteiger partial charge on any atom is 0.305 e. The Morgan fingerprint density at radius 1 is 1.33 bits per heavy atom. The van der Waals surface area contributed by atoms with E-state index in [9.17, 15) is 9.59 Å². The fourth-order valence-electron chi connectivity index (χ4n) is 1.93. The summed E-state index contributed by atoms with van der Waals surface area (Å²) in [7, 11) is 1.84. The number of hydrogen-bond acceptors (Lipinski definition) is 5. The average molecular weight is 296 g/mol. The van der Waals surface area contributed by atoms with Crippen molar-refractivity contribution in [1.29, 1.82) is 0 Å². The molecule has 2 N–H and O–H groups in total. The van der Waals surface area contributed by atoms with Gasteiger partial charge in [0.05, 0.1) is 30.2 Å². The van der Waals surface area contributed by atoms with Crippen molar-refractivity contribution in [1.82, 2.24) is 15.1 Å². The lowest BCUT2D eigenvalue weighted by molar-refractivity contribution is -0.143. The van der Waals surface area contributed by atoms with Crippen molar-refractivity contribution in [2.75, 3.05) is 25.0 Å². The maximum absolute atomic E-state index is 11.8. The third-order valence-electron chi connectivity index (χ3n) is 3.10. The third-order valence-corrected chi connectivity index (χ3v) is 3.10. The van der Waals surface area contributed by atoms with Gasteiger partial charge in [-0.05, 0) is 33.7 Å². The van der Waals surface area contributed by atoms with Crippen molar-refractivity contribution in [3.05, 3.63) is 11.4 Å². The number of hydrogen-bond donors (Lipinski definition) is 2. The SMILES string of the molecule is CCOC(=O)CCCNCC(=O)Nc1c(C)nn(C)c1C. The van der Waals surface area contributed by atoms with Gasteiger partial charge >= 0.3 is 5.97 Å². The fourth-order valence-corrected chi connectivity index (χ4v) is 1.93. The van der Waals surface area contributed by atoms with Gasteiger partial charge in [0.15, 0.2) is 0 Å². The smallest absolute Gasteiger partial charge is 0.305 e. The van der Waals surface area contributed by atoms with Crippen molar-refractivity contribution in [2.24, 2.45) is 7.05 Å². The van der Waals surface area contributed by atoms with Crippen LogP contribution in [0.25, 0.3) is 0 Å². The Hall–Kier alpha value is -1.89. The highest BCUT2D eigenvalue weighted by Gasteiger charge is 2.12. The molecule has 21 heavy (non-hydrogen) atoms. The van der Waals surface area contributed by atoms with Crippen LogP contribution < -0.4 is 10.6 Å². The van der Waals surface area contributed by atoms with Gasteiger partial charge in [0, 0.05) is 13.5 Å². The van der Waals surface area contributed by atoms with E-state index in [1.807, 2.05) is 20.9 Å². The molecule has 1 aromatic rings. The molecule has 0 saturated heterocycles. The summed E-state index contributed by atoms with van der Waals surface area (Å²) in [6.45, 7) is 6.74. The molecular formula is C14H24N4O3. The molecule has 0 radical (unpaired) electrons. The van der Waals surface area contributed by atoms with Gasteiger partial charge in [-0.15, -0.1) is 0 Å². The standard InChI is InChI=1S/C14H24N4O3/c1-5-21-13(20)7-6-8-15-9-12(19)16-14-10(2)17-18(4)11(14)3/h15H,5-9H2,1-4H3,(H,16,19). The fraction of sp³-hybridized carbons (Fsp3) is 0.643. The van der Waals surface area contributed by atoms with E-state index in [0.717, 1.165) is 17.1 Å². The lowest BCUT2D eigenvalue weighted by atomic mass is 10.3. The highest BCUT2D eigenvalue weighted by molar-refractivity contribution is 5.93. The minimum Gasteiger partial charge on any atom is -0.466 e. The second-order valence-electron chi connectivity index (χ2n) is 4.80. The number of carbonyl (C=O) groups excluding carboxylic acids is 2. The zero-order valence-electron chi connectivity index (χ0n) is 13.2. The molecule has 0 fully saturated rings. The highest BCUT2D eigenvalue weighted by Crippen LogP contribution is 2.17. The first-order valence-electron chi connectivity index (χ1n) is 7.12. The maximum atomic E-state index is 11.8. The quantitative estimate of drug-likeness (QED) is 0.550. The van der Waals surface area contributed by atoms with Gasteiger partial charge in [-0.3, -0.25) is 14.3 Å². The van der Waals surface area contributed by atoms with E-state index in [1.165, 1.54) is 0 Å². The van der Waals surface area contributed by atoms with Crippen LogP contribution in [0.4, 0.5) is 5.69 Å². The molecule has 0 saturated carbocycles. The van der Waals surface area contributed by atoms with Crippen LogP contribution in [0.15, 0.2) is 0 Å². The minimum atomic E-state index is -0.203. The van der Waals surface area contributed by atoms with Crippen molar-refractivity contribution in [3.8, 4) is 0 Å². The van der Waals surface area contributed by atoms with E-state index in [1.54, 1.807) is 11.6 Å². The molecule has 1 rings (SSSR count). The van der Waals surface area contributed by atoms with E-state index >= 15 is 0 Å². The van der Waals surface area contributed by atoms with Crippen LogP contribution in [0, 0.1) is 13.8 Å². The highest BCUT2D eigenvalue weighted by atomic mass is 16.5. The molecule has 0 atom stereocenters. The topological polar surface area (TPSA) is 85.2 Å². The van der Waals surface area contributed by atoms with Crippen molar-refractivity contribution < 1.29 is 14.3 Å². The van der Waals surface area contributed by atoms with Gasteiger partial charge in [0.2, 0.25) is 5.91 Å². The third kappa shape index (κ3) is 5.55. The molecule has 0 spiro atoms. The zero-order valence-corrected chi connectivity index (χ0v) is 13.2. The number of aromatic nitrogens is 2. The summed E-state index contributed by atoms with van der Waals surface area (Å²) in [4.78, 5) is 22.9. The molecule has 0 aromatic carbocycles. The predicted molar refractivity (Wildman–Crippen MR) is 80.0 cm³/mol. The van der Waals surface area contributed by atoms with E-state index in [0.29, 0.717) is 26.0 Å². The molecule has 0 aliphatic heterocycles. The number of esters is 1.